The molecule has 30 heavy (non-hydrogen) atoms. The van der Waals surface area contributed by atoms with E-state index in [1.165, 1.54) is 28.7 Å². The minimum atomic E-state index is -0.119. The maximum absolute atomic E-state index is 12.5. The Morgan fingerprint density at radius 3 is 2.67 bits per heavy atom. The summed E-state index contributed by atoms with van der Waals surface area (Å²) < 4.78 is 0. The van der Waals surface area contributed by atoms with E-state index in [1.54, 1.807) is 4.90 Å². The van der Waals surface area contributed by atoms with Crippen LogP contribution in [0.1, 0.15) is 29.8 Å². The predicted octanol–water partition coefficient (Wildman–Crippen LogP) is 4.35. The Kier molecular flexibility index (Phi) is 6.44. The first-order valence-corrected chi connectivity index (χ1v) is 11.6. The summed E-state index contributed by atoms with van der Waals surface area (Å²) in [6.45, 7) is 2.69. The Labute approximate surface area is 183 Å². The van der Waals surface area contributed by atoms with E-state index in [0.29, 0.717) is 23.8 Å². The summed E-state index contributed by atoms with van der Waals surface area (Å²) >= 11 is 2.82. The maximum Gasteiger partial charge on any atom is 0.236 e. The first-order chi connectivity index (χ1) is 14.6. The topological polar surface area (TPSA) is 75.2 Å². The number of rotatable bonds is 7. The molecule has 6 nitrogen and oxygen atoms in total. The van der Waals surface area contributed by atoms with Crippen LogP contribution < -0.4 is 10.2 Å². The monoisotopic (exact) mass is 438 g/mol. The summed E-state index contributed by atoms with van der Waals surface area (Å²) in [6, 6.07) is 17.9. The molecule has 0 bridgehead atoms. The van der Waals surface area contributed by atoms with Gasteiger partial charge in [0.1, 0.15) is 5.01 Å². The van der Waals surface area contributed by atoms with Gasteiger partial charge in [0, 0.05) is 29.5 Å². The van der Waals surface area contributed by atoms with Gasteiger partial charge < -0.3 is 4.90 Å². The van der Waals surface area contributed by atoms with Gasteiger partial charge >= 0.3 is 0 Å². The number of hydrogen-bond donors (Lipinski definition) is 1. The third-order valence-electron chi connectivity index (χ3n) is 4.93. The first-order valence-electron chi connectivity index (χ1n) is 9.82. The smallest absolute Gasteiger partial charge is 0.236 e. The van der Waals surface area contributed by atoms with Gasteiger partial charge in [-0.25, -0.2) is 0 Å². The molecular weight excluding hydrogens is 416 g/mol. The Morgan fingerprint density at radius 1 is 1.17 bits per heavy atom. The highest BCUT2D eigenvalue weighted by molar-refractivity contribution is 8.00. The van der Waals surface area contributed by atoms with Crippen molar-refractivity contribution in [1.82, 2.24) is 10.2 Å². The fourth-order valence-corrected chi connectivity index (χ4v) is 4.88. The molecule has 0 spiro atoms. The largest absolute Gasteiger partial charge is 0.312 e. The van der Waals surface area contributed by atoms with Crippen molar-refractivity contribution >= 4 is 45.7 Å². The van der Waals surface area contributed by atoms with Crippen LogP contribution in [0.5, 0.6) is 0 Å². The second kappa shape index (κ2) is 9.40. The van der Waals surface area contributed by atoms with Gasteiger partial charge in [0.15, 0.2) is 0 Å². The predicted molar refractivity (Wildman–Crippen MR) is 121 cm³/mol. The zero-order valence-electron chi connectivity index (χ0n) is 16.6. The standard InChI is InChI=1S/C22H22N4O2S2/c1-2-15-8-10-17(11-9-15)26-13-16(12-20(26)28)21-24-25-22(30-21)23-19(27)14-29-18-6-4-3-5-7-18/h3-11,16H,2,12-14H2,1H3,(H,23,25,27)/t16-/m0/s1. The molecule has 1 saturated heterocycles. The maximum atomic E-state index is 12.5. The molecule has 1 fully saturated rings. The zero-order valence-corrected chi connectivity index (χ0v) is 18.2. The number of nitrogens with zero attached hydrogens (tertiary/aromatic N) is 3. The quantitative estimate of drug-likeness (QED) is 0.555. The molecule has 1 aliphatic rings. The van der Waals surface area contributed by atoms with E-state index in [0.717, 1.165) is 22.0 Å². The summed E-state index contributed by atoms with van der Waals surface area (Å²) in [7, 11) is 0. The van der Waals surface area contributed by atoms with Crippen molar-refractivity contribution in [2.45, 2.75) is 30.6 Å². The number of hydrogen-bond acceptors (Lipinski definition) is 6. The molecular formula is C22H22N4O2S2. The van der Waals surface area contributed by atoms with Crippen molar-refractivity contribution in [2.75, 3.05) is 22.5 Å². The van der Waals surface area contributed by atoms with E-state index < -0.39 is 0 Å². The van der Waals surface area contributed by atoms with Crippen molar-refractivity contribution in [2.24, 2.45) is 0 Å². The highest BCUT2D eigenvalue weighted by Crippen LogP contribution is 2.34. The molecule has 3 aromatic rings. The summed E-state index contributed by atoms with van der Waals surface area (Å²) in [4.78, 5) is 27.6. The van der Waals surface area contributed by atoms with Gasteiger partial charge in [-0.2, -0.15) is 0 Å². The van der Waals surface area contributed by atoms with Crippen LogP contribution in [0.15, 0.2) is 59.5 Å². The van der Waals surface area contributed by atoms with Crippen LogP contribution in [0.25, 0.3) is 0 Å². The molecule has 2 amide bonds. The third kappa shape index (κ3) is 4.88. The third-order valence-corrected chi connectivity index (χ3v) is 6.94. The van der Waals surface area contributed by atoms with Gasteiger partial charge in [-0.3, -0.25) is 14.9 Å². The molecule has 2 aromatic carbocycles. The van der Waals surface area contributed by atoms with Crippen LogP contribution >= 0.6 is 23.1 Å². The van der Waals surface area contributed by atoms with Crippen LogP contribution in [-0.2, 0) is 16.0 Å². The molecule has 2 heterocycles. The van der Waals surface area contributed by atoms with Crippen LogP contribution in [0, 0.1) is 0 Å². The number of benzene rings is 2. The van der Waals surface area contributed by atoms with Gasteiger partial charge in [-0.1, -0.05) is 48.6 Å². The minimum Gasteiger partial charge on any atom is -0.312 e. The van der Waals surface area contributed by atoms with E-state index in [1.807, 2.05) is 42.5 Å². The SMILES string of the molecule is CCc1ccc(N2C[C@@H](c3nnc(NC(=O)CSc4ccccc4)s3)CC2=O)cc1. The van der Waals surface area contributed by atoms with Crippen molar-refractivity contribution < 1.29 is 9.59 Å². The van der Waals surface area contributed by atoms with Crippen molar-refractivity contribution in [3.8, 4) is 0 Å². The summed E-state index contributed by atoms with van der Waals surface area (Å²) in [5, 5.41) is 12.4. The van der Waals surface area contributed by atoms with E-state index in [2.05, 4.69) is 34.6 Å². The lowest BCUT2D eigenvalue weighted by Gasteiger charge is -2.16. The first kappa shape index (κ1) is 20.6. The minimum absolute atomic E-state index is 0.00908. The number of nitrogens with one attached hydrogen (secondary N) is 1. The second-order valence-corrected chi connectivity index (χ2v) is 9.08. The number of thioether (sulfide) groups is 1. The van der Waals surface area contributed by atoms with E-state index >= 15 is 0 Å². The number of aromatic nitrogens is 2. The average Bonchev–Trinajstić information content (AvgIpc) is 3.39. The highest BCUT2D eigenvalue weighted by Gasteiger charge is 2.34. The highest BCUT2D eigenvalue weighted by atomic mass is 32.2. The Bertz CT molecular complexity index is 1020. The Hall–Kier alpha value is -2.71. The molecule has 0 unspecified atom stereocenters. The summed E-state index contributed by atoms with van der Waals surface area (Å²) in [6.07, 6.45) is 1.38. The fraction of sp³-hybridized carbons (Fsp3) is 0.273. The lowest BCUT2D eigenvalue weighted by atomic mass is 10.1. The van der Waals surface area contributed by atoms with Crippen LogP contribution in [0.3, 0.4) is 0 Å². The van der Waals surface area contributed by atoms with Crippen LogP contribution in [0.2, 0.25) is 0 Å². The summed E-state index contributed by atoms with van der Waals surface area (Å²) in [5.41, 5.74) is 2.16. The van der Waals surface area contributed by atoms with Gasteiger partial charge in [-0.15, -0.1) is 22.0 Å². The molecule has 1 aliphatic heterocycles. The van der Waals surface area contributed by atoms with E-state index in [4.69, 9.17) is 0 Å². The molecule has 1 atom stereocenters. The zero-order chi connectivity index (χ0) is 20.9. The van der Waals surface area contributed by atoms with Gasteiger partial charge in [-0.05, 0) is 36.2 Å². The van der Waals surface area contributed by atoms with Crippen molar-refractivity contribution in [3.05, 3.63) is 65.2 Å². The van der Waals surface area contributed by atoms with Gasteiger partial charge in [0.25, 0.3) is 0 Å². The lowest BCUT2D eigenvalue weighted by molar-refractivity contribution is -0.117. The normalized spacial score (nSPS) is 16.1. The second-order valence-electron chi connectivity index (χ2n) is 7.02. The Balaban J connectivity index is 1.34. The average molecular weight is 439 g/mol. The van der Waals surface area contributed by atoms with Crippen molar-refractivity contribution in [3.63, 3.8) is 0 Å². The molecule has 4 rings (SSSR count). The lowest BCUT2D eigenvalue weighted by Crippen LogP contribution is -2.24. The molecule has 1 aromatic heterocycles. The number of carbonyl (C=O) groups is 2. The van der Waals surface area contributed by atoms with Gasteiger partial charge in [0.2, 0.25) is 16.9 Å². The fourth-order valence-electron chi connectivity index (χ4n) is 3.31. The number of aryl methyl sites for hydroxylation is 1. The summed E-state index contributed by atoms with van der Waals surface area (Å²) in [5.74, 6) is 0.267. The molecule has 0 radical (unpaired) electrons. The molecule has 154 valence electrons. The van der Waals surface area contributed by atoms with E-state index in [-0.39, 0.29) is 17.7 Å². The number of amides is 2. The van der Waals surface area contributed by atoms with E-state index in [9.17, 15) is 9.59 Å². The molecule has 0 saturated carbocycles. The Morgan fingerprint density at radius 2 is 1.93 bits per heavy atom. The molecule has 8 heteroatoms. The van der Waals surface area contributed by atoms with Gasteiger partial charge in [0.05, 0.1) is 5.75 Å². The molecule has 0 aliphatic carbocycles. The number of carbonyl (C=O) groups excluding carboxylic acids is 2. The van der Waals surface area contributed by atoms with Crippen molar-refractivity contribution in [1.29, 1.82) is 0 Å². The number of anilines is 2. The van der Waals surface area contributed by atoms with Crippen LogP contribution in [-0.4, -0.2) is 34.3 Å². The van der Waals surface area contributed by atoms with Crippen LogP contribution in [0.4, 0.5) is 10.8 Å². The molecule has 1 N–H and O–H groups in total.